The number of methoxy groups -OCH3 is 2. The second kappa shape index (κ2) is 8.73. The lowest BCUT2D eigenvalue weighted by atomic mass is 10.1. The Balaban J connectivity index is 2.08. The average molecular weight is 357 g/mol. The fourth-order valence-electron chi connectivity index (χ4n) is 2.43. The van der Waals surface area contributed by atoms with Crippen molar-refractivity contribution in [2.75, 3.05) is 45.4 Å². The summed E-state index contributed by atoms with van der Waals surface area (Å²) >= 11 is 3.60. The second-order valence-electron chi connectivity index (χ2n) is 5.36. The van der Waals surface area contributed by atoms with Crippen LogP contribution in [-0.2, 0) is 16.0 Å². The highest BCUT2D eigenvalue weighted by Crippen LogP contribution is 2.35. The number of halogens is 1. The minimum atomic E-state index is 0.673. The summed E-state index contributed by atoms with van der Waals surface area (Å²) in [5.74, 6) is 0. The number of ether oxygens (including phenoxy) is 2. The van der Waals surface area contributed by atoms with Gasteiger partial charge in [-0.3, -0.25) is 0 Å². The number of hydrogen-bond donors (Lipinski definition) is 1. The molecule has 0 spiro atoms. The van der Waals surface area contributed by atoms with Crippen LogP contribution >= 0.6 is 15.9 Å². The van der Waals surface area contributed by atoms with Crippen molar-refractivity contribution in [3.8, 4) is 0 Å². The minimum absolute atomic E-state index is 0.673. The van der Waals surface area contributed by atoms with Crippen molar-refractivity contribution in [2.24, 2.45) is 0 Å². The van der Waals surface area contributed by atoms with Crippen molar-refractivity contribution < 1.29 is 9.47 Å². The number of hydrogen-bond acceptors (Lipinski definition) is 4. The summed E-state index contributed by atoms with van der Waals surface area (Å²) in [5.41, 5.74) is 2.64. The average Bonchev–Trinajstić information content (AvgIpc) is 3.30. The molecule has 2 rings (SSSR count). The predicted octanol–water partition coefficient (Wildman–Crippen LogP) is 2.80. The van der Waals surface area contributed by atoms with E-state index < -0.39 is 0 Å². The van der Waals surface area contributed by atoms with Gasteiger partial charge in [-0.2, -0.15) is 0 Å². The van der Waals surface area contributed by atoms with Crippen LogP contribution in [0.1, 0.15) is 18.4 Å². The van der Waals surface area contributed by atoms with E-state index in [1.807, 2.05) is 0 Å². The van der Waals surface area contributed by atoms with Gasteiger partial charge >= 0.3 is 0 Å². The minimum Gasteiger partial charge on any atom is -0.383 e. The molecule has 118 valence electrons. The maximum absolute atomic E-state index is 5.27. The van der Waals surface area contributed by atoms with Crippen LogP contribution in [0.15, 0.2) is 22.7 Å². The zero-order valence-corrected chi connectivity index (χ0v) is 14.5. The van der Waals surface area contributed by atoms with Crippen LogP contribution in [0.25, 0.3) is 0 Å². The van der Waals surface area contributed by atoms with Crippen molar-refractivity contribution in [1.82, 2.24) is 5.32 Å². The van der Waals surface area contributed by atoms with Crippen LogP contribution < -0.4 is 10.2 Å². The monoisotopic (exact) mass is 356 g/mol. The zero-order valence-electron chi connectivity index (χ0n) is 12.9. The third-order valence-electron chi connectivity index (χ3n) is 3.68. The molecule has 1 aliphatic carbocycles. The summed E-state index contributed by atoms with van der Waals surface area (Å²) in [7, 11) is 3.49. The Morgan fingerprint density at radius 3 is 2.67 bits per heavy atom. The van der Waals surface area contributed by atoms with E-state index in [0.717, 1.165) is 37.3 Å². The van der Waals surface area contributed by atoms with E-state index in [0.29, 0.717) is 6.04 Å². The molecule has 5 heteroatoms. The highest BCUT2D eigenvalue weighted by atomic mass is 79.9. The number of benzene rings is 1. The van der Waals surface area contributed by atoms with E-state index in [9.17, 15) is 0 Å². The van der Waals surface area contributed by atoms with Crippen molar-refractivity contribution in [1.29, 1.82) is 0 Å². The first-order chi connectivity index (χ1) is 10.3. The van der Waals surface area contributed by atoms with E-state index in [1.165, 1.54) is 24.1 Å². The molecule has 0 unspecified atom stereocenters. The largest absolute Gasteiger partial charge is 0.383 e. The normalized spacial score (nSPS) is 14.4. The highest BCUT2D eigenvalue weighted by Gasteiger charge is 2.30. The van der Waals surface area contributed by atoms with Crippen LogP contribution in [0.5, 0.6) is 0 Å². The van der Waals surface area contributed by atoms with Crippen molar-refractivity contribution in [3.05, 3.63) is 28.2 Å². The molecule has 21 heavy (non-hydrogen) atoms. The Labute approximate surface area is 135 Å². The van der Waals surface area contributed by atoms with Crippen molar-refractivity contribution in [3.63, 3.8) is 0 Å². The SMILES string of the molecule is COCCNCc1ccc(Br)cc1N(CCOC)C1CC1. The van der Waals surface area contributed by atoms with Gasteiger partial charge in [0.2, 0.25) is 0 Å². The Morgan fingerprint density at radius 2 is 2.00 bits per heavy atom. The van der Waals surface area contributed by atoms with Crippen molar-refractivity contribution in [2.45, 2.75) is 25.4 Å². The number of nitrogens with zero attached hydrogens (tertiary/aromatic N) is 1. The van der Waals surface area contributed by atoms with E-state index in [-0.39, 0.29) is 0 Å². The molecular formula is C16H25BrN2O2. The molecular weight excluding hydrogens is 332 g/mol. The zero-order chi connectivity index (χ0) is 15.1. The lowest BCUT2D eigenvalue weighted by Crippen LogP contribution is -2.31. The van der Waals surface area contributed by atoms with Crippen LogP contribution in [0, 0.1) is 0 Å². The third kappa shape index (κ3) is 5.25. The van der Waals surface area contributed by atoms with Crippen LogP contribution in [0.3, 0.4) is 0 Å². The molecule has 1 aromatic carbocycles. The van der Waals surface area contributed by atoms with Gasteiger partial charge in [-0.15, -0.1) is 0 Å². The molecule has 1 aromatic rings. The van der Waals surface area contributed by atoms with Crippen molar-refractivity contribution >= 4 is 21.6 Å². The summed E-state index contributed by atoms with van der Waals surface area (Å²) < 4.78 is 11.5. The lowest BCUT2D eigenvalue weighted by molar-refractivity contribution is 0.199. The summed E-state index contributed by atoms with van der Waals surface area (Å²) in [5, 5.41) is 3.43. The molecule has 1 aliphatic rings. The molecule has 0 aliphatic heterocycles. The predicted molar refractivity (Wildman–Crippen MR) is 90.0 cm³/mol. The fraction of sp³-hybridized carbons (Fsp3) is 0.625. The molecule has 0 aromatic heterocycles. The number of nitrogens with one attached hydrogen (secondary N) is 1. The summed E-state index contributed by atoms with van der Waals surface area (Å²) in [6.45, 7) is 4.18. The molecule has 1 fully saturated rings. The number of rotatable bonds is 10. The van der Waals surface area contributed by atoms with Gasteiger partial charge in [0, 0.05) is 50.1 Å². The number of anilines is 1. The maximum Gasteiger partial charge on any atom is 0.0637 e. The van der Waals surface area contributed by atoms with E-state index in [4.69, 9.17) is 9.47 Å². The molecule has 1 saturated carbocycles. The summed E-state index contributed by atoms with van der Waals surface area (Å²) in [4.78, 5) is 2.49. The Bertz CT molecular complexity index is 438. The van der Waals surface area contributed by atoms with Gasteiger partial charge < -0.3 is 19.7 Å². The Kier molecular flexibility index (Phi) is 6.96. The molecule has 0 heterocycles. The van der Waals surface area contributed by atoms with Gasteiger partial charge in [-0.1, -0.05) is 22.0 Å². The molecule has 0 radical (unpaired) electrons. The quantitative estimate of drug-likeness (QED) is 0.653. The van der Waals surface area contributed by atoms with E-state index in [2.05, 4.69) is 44.3 Å². The molecule has 0 saturated heterocycles. The Hall–Kier alpha value is -0.620. The molecule has 4 nitrogen and oxygen atoms in total. The summed E-state index contributed by atoms with van der Waals surface area (Å²) in [6.07, 6.45) is 2.57. The fourth-order valence-corrected chi connectivity index (χ4v) is 2.78. The van der Waals surface area contributed by atoms with Gasteiger partial charge in [-0.25, -0.2) is 0 Å². The Morgan fingerprint density at radius 1 is 1.24 bits per heavy atom. The maximum atomic E-state index is 5.27. The molecule has 0 amide bonds. The van der Waals surface area contributed by atoms with Crippen LogP contribution in [0.4, 0.5) is 5.69 Å². The van der Waals surface area contributed by atoms with Crippen LogP contribution in [0.2, 0.25) is 0 Å². The third-order valence-corrected chi connectivity index (χ3v) is 4.17. The van der Waals surface area contributed by atoms with Crippen LogP contribution in [-0.4, -0.2) is 46.6 Å². The molecule has 0 bridgehead atoms. The lowest BCUT2D eigenvalue weighted by Gasteiger charge is -2.27. The first-order valence-corrected chi connectivity index (χ1v) is 8.29. The molecule has 1 N–H and O–H groups in total. The topological polar surface area (TPSA) is 33.7 Å². The molecule has 0 atom stereocenters. The van der Waals surface area contributed by atoms with Gasteiger partial charge in [0.25, 0.3) is 0 Å². The standard InChI is InChI=1S/C16H25BrN2O2/c1-20-9-7-18-12-13-3-4-14(17)11-16(13)19(8-10-21-2)15-5-6-15/h3-4,11,15,18H,5-10,12H2,1-2H3. The first kappa shape index (κ1) is 16.7. The summed E-state index contributed by atoms with van der Waals surface area (Å²) in [6, 6.07) is 7.20. The van der Waals surface area contributed by atoms with Gasteiger partial charge in [0.1, 0.15) is 0 Å². The first-order valence-electron chi connectivity index (χ1n) is 7.50. The van der Waals surface area contributed by atoms with Gasteiger partial charge in [0.05, 0.1) is 13.2 Å². The smallest absolute Gasteiger partial charge is 0.0637 e. The van der Waals surface area contributed by atoms with Gasteiger partial charge in [0.15, 0.2) is 0 Å². The second-order valence-corrected chi connectivity index (χ2v) is 6.28. The van der Waals surface area contributed by atoms with Gasteiger partial charge in [-0.05, 0) is 30.5 Å². The highest BCUT2D eigenvalue weighted by molar-refractivity contribution is 9.10. The van der Waals surface area contributed by atoms with E-state index in [1.54, 1.807) is 14.2 Å². The van der Waals surface area contributed by atoms with E-state index >= 15 is 0 Å².